The number of hydrogen-bond acceptors (Lipinski definition) is 5. The van der Waals surface area contributed by atoms with Crippen molar-refractivity contribution in [2.75, 3.05) is 20.4 Å². The van der Waals surface area contributed by atoms with Crippen LogP contribution >= 0.6 is 0 Å². The summed E-state index contributed by atoms with van der Waals surface area (Å²) < 4.78 is 31.3. The van der Waals surface area contributed by atoms with E-state index in [0.29, 0.717) is 0 Å². The van der Waals surface area contributed by atoms with Crippen LogP contribution in [0.4, 0.5) is 14.5 Å². The summed E-state index contributed by atoms with van der Waals surface area (Å²) in [5.41, 5.74) is -2.72. The Hall–Kier alpha value is -2.58. The number of likely N-dealkylation sites (N-methyl/N-ethyl adjacent to an activating group) is 1. The minimum absolute atomic E-state index is 0.0149. The van der Waals surface area contributed by atoms with Gasteiger partial charge in [0.1, 0.15) is 11.5 Å². The van der Waals surface area contributed by atoms with Crippen LogP contribution in [0.1, 0.15) is 5.56 Å². The van der Waals surface area contributed by atoms with E-state index >= 15 is 0 Å². The van der Waals surface area contributed by atoms with Crippen LogP contribution in [0.2, 0.25) is 0 Å². The van der Waals surface area contributed by atoms with Gasteiger partial charge in [0.2, 0.25) is 0 Å². The highest BCUT2D eigenvalue weighted by Gasteiger charge is 2.40. The molecule has 112 valence electrons. The van der Waals surface area contributed by atoms with Crippen molar-refractivity contribution in [3.05, 3.63) is 33.9 Å². The SMILES string of the molecule is CNC(=O)C1=NC(CF)(CF)Oc2ccc([N+](=O)[O-])cc21. The number of aliphatic imine (C=N–C) groups is 1. The second kappa shape index (κ2) is 5.43. The minimum atomic E-state index is -2.13. The number of ether oxygens (including phenoxy) is 1. The Morgan fingerprint density at radius 1 is 1.48 bits per heavy atom. The third-order valence-corrected chi connectivity index (χ3v) is 2.90. The maximum absolute atomic E-state index is 13.1. The van der Waals surface area contributed by atoms with Crippen molar-refractivity contribution < 1.29 is 23.2 Å². The summed E-state index contributed by atoms with van der Waals surface area (Å²) in [5.74, 6) is -0.754. The Labute approximate surface area is 117 Å². The number of fused-ring (bicyclic) bond motifs is 1. The molecule has 2 rings (SSSR count). The van der Waals surface area contributed by atoms with Crippen LogP contribution in [0.3, 0.4) is 0 Å². The average molecular weight is 299 g/mol. The number of hydrogen-bond donors (Lipinski definition) is 1. The number of benzene rings is 1. The van der Waals surface area contributed by atoms with Crippen molar-refractivity contribution >= 4 is 17.3 Å². The van der Waals surface area contributed by atoms with Crippen LogP contribution in [0.15, 0.2) is 23.2 Å². The zero-order valence-corrected chi connectivity index (χ0v) is 10.9. The van der Waals surface area contributed by atoms with Crippen molar-refractivity contribution in [2.45, 2.75) is 5.72 Å². The molecule has 0 aliphatic carbocycles. The van der Waals surface area contributed by atoms with Gasteiger partial charge in [0.25, 0.3) is 17.3 Å². The first-order valence-electron chi connectivity index (χ1n) is 5.88. The second-order valence-corrected chi connectivity index (χ2v) is 4.29. The van der Waals surface area contributed by atoms with Gasteiger partial charge in [0.15, 0.2) is 13.3 Å². The largest absolute Gasteiger partial charge is 0.460 e. The zero-order valence-electron chi connectivity index (χ0n) is 10.9. The average Bonchev–Trinajstić information content (AvgIpc) is 2.52. The van der Waals surface area contributed by atoms with Crippen molar-refractivity contribution in [3.8, 4) is 5.75 Å². The number of carbonyl (C=O) groups is 1. The highest BCUT2D eigenvalue weighted by molar-refractivity contribution is 6.46. The number of halogens is 2. The van der Waals surface area contributed by atoms with Crippen molar-refractivity contribution in [1.29, 1.82) is 0 Å². The number of alkyl halides is 2. The van der Waals surface area contributed by atoms with Crippen LogP contribution in [-0.4, -0.2) is 42.7 Å². The minimum Gasteiger partial charge on any atom is -0.460 e. The van der Waals surface area contributed by atoms with E-state index in [9.17, 15) is 23.7 Å². The summed E-state index contributed by atoms with van der Waals surface area (Å²) in [6.45, 7) is -2.55. The molecule has 0 radical (unpaired) electrons. The standard InChI is InChI=1S/C12H11F2N3O4/c1-15-11(18)10-8-4-7(17(19)20)2-3-9(8)21-12(5-13,6-14)16-10/h2-4H,5-6H2,1H3,(H,15,18). The molecule has 0 unspecified atom stereocenters. The molecule has 0 fully saturated rings. The number of non-ortho nitro benzene ring substituents is 1. The van der Waals surface area contributed by atoms with Gasteiger partial charge in [-0.05, 0) is 6.07 Å². The van der Waals surface area contributed by atoms with E-state index in [1.165, 1.54) is 13.1 Å². The topological polar surface area (TPSA) is 93.8 Å². The summed E-state index contributed by atoms with van der Waals surface area (Å²) in [7, 11) is 1.31. The van der Waals surface area contributed by atoms with E-state index in [0.717, 1.165) is 12.1 Å². The maximum Gasteiger partial charge on any atom is 0.270 e. The molecule has 0 atom stereocenters. The lowest BCUT2D eigenvalue weighted by atomic mass is 10.0. The monoisotopic (exact) mass is 299 g/mol. The molecule has 0 spiro atoms. The smallest absolute Gasteiger partial charge is 0.270 e. The molecule has 1 aromatic rings. The molecule has 1 aromatic carbocycles. The third kappa shape index (κ3) is 2.54. The molecule has 1 heterocycles. The Morgan fingerprint density at radius 2 is 2.14 bits per heavy atom. The van der Waals surface area contributed by atoms with Gasteiger partial charge in [0, 0.05) is 19.2 Å². The van der Waals surface area contributed by atoms with Crippen LogP contribution in [0.25, 0.3) is 0 Å². The lowest BCUT2D eigenvalue weighted by Crippen LogP contribution is -2.45. The number of nitrogens with zero attached hydrogens (tertiary/aromatic N) is 2. The van der Waals surface area contributed by atoms with E-state index < -0.39 is 29.9 Å². The number of rotatable bonds is 4. The summed E-state index contributed by atoms with van der Waals surface area (Å²) in [4.78, 5) is 25.6. The number of nitrogens with one attached hydrogen (secondary N) is 1. The van der Waals surface area contributed by atoms with Crippen LogP contribution < -0.4 is 10.1 Å². The Kier molecular flexibility index (Phi) is 3.83. The molecule has 9 heteroatoms. The number of nitro benzene ring substituents is 1. The second-order valence-electron chi connectivity index (χ2n) is 4.29. The van der Waals surface area contributed by atoms with E-state index in [1.54, 1.807) is 0 Å². The van der Waals surface area contributed by atoms with Crippen molar-refractivity contribution in [3.63, 3.8) is 0 Å². The molecule has 0 saturated carbocycles. The Morgan fingerprint density at radius 3 is 2.67 bits per heavy atom. The van der Waals surface area contributed by atoms with Gasteiger partial charge in [-0.1, -0.05) is 0 Å². The quantitative estimate of drug-likeness (QED) is 0.666. The van der Waals surface area contributed by atoms with E-state index in [1.807, 2.05) is 0 Å². The molecule has 0 aromatic heterocycles. The van der Waals surface area contributed by atoms with E-state index in [4.69, 9.17) is 4.74 Å². The molecule has 7 nitrogen and oxygen atoms in total. The zero-order chi connectivity index (χ0) is 15.6. The number of nitro groups is 1. The highest BCUT2D eigenvalue weighted by Crippen LogP contribution is 2.33. The van der Waals surface area contributed by atoms with Gasteiger partial charge in [0.05, 0.1) is 10.5 Å². The molecular formula is C12H11F2N3O4. The van der Waals surface area contributed by atoms with Crippen molar-refractivity contribution in [1.82, 2.24) is 5.32 Å². The van der Waals surface area contributed by atoms with Crippen LogP contribution in [-0.2, 0) is 4.79 Å². The predicted octanol–water partition coefficient (Wildman–Crippen LogP) is 1.16. The van der Waals surface area contributed by atoms with Crippen molar-refractivity contribution in [2.24, 2.45) is 4.99 Å². The molecule has 0 saturated heterocycles. The fraction of sp³-hybridized carbons (Fsp3) is 0.333. The summed E-state index contributed by atoms with van der Waals surface area (Å²) in [6.07, 6.45) is 0. The molecule has 1 aliphatic heterocycles. The van der Waals surface area contributed by atoms with Gasteiger partial charge >= 0.3 is 0 Å². The Bertz CT molecular complexity index is 629. The maximum atomic E-state index is 13.1. The molecule has 1 aliphatic rings. The summed E-state index contributed by atoms with van der Waals surface area (Å²) in [6, 6.07) is 3.38. The molecule has 1 N–H and O–H groups in total. The van der Waals surface area contributed by atoms with E-state index in [2.05, 4.69) is 10.3 Å². The predicted molar refractivity (Wildman–Crippen MR) is 69.0 cm³/mol. The van der Waals surface area contributed by atoms with Gasteiger partial charge in [-0.25, -0.2) is 13.8 Å². The van der Waals surface area contributed by atoms with Gasteiger partial charge in [-0.2, -0.15) is 0 Å². The fourth-order valence-electron chi connectivity index (χ4n) is 1.84. The lowest BCUT2D eigenvalue weighted by molar-refractivity contribution is -0.384. The highest BCUT2D eigenvalue weighted by atomic mass is 19.1. The first-order valence-corrected chi connectivity index (χ1v) is 5.88. The number of carbonyl (C=O) groups excluding carboxylic acids is 1. The van der Waals surface area contributed by atoms with Crippen LogP contribution in [0, 0.1) is 10.1 Å². The van der Waals surface area contributed by atoms with Crippen LogP contribution in [0.5, 0.6) is 5.75 Å². The summed E-state index contributed by atoms with van der Waals surface area (Å²) >= 11 is 0. The molecule has 0 bridgehead atoms. The molecular weight excluding hydrogens is 288 g/mol. The summed E-state index contributed by atoms with van der Waals surface area (Å²) in [5, 5.41) is 13.0. The van der Waals surface area contributed by atoms with Gasteiger partial charge < -0.3 is 10.1 Å². The fourth-order valence-corrected chi connectivity index (χ4v) is 1.84. The van der Waals surface area contributed by atoms with Gasteiger partial charge in [-0.3, -0.25) is 14.9 Å². The lowest BCUT2D eigenvalue weighted by Gasteiger charge is -2.31. The van der Waals surface area contributed by atoms with Gasteiger partial charge in [-0.15, -0.1) is 0 Å². The molecule has 21 heavy (non-hydrogen) atoms. The number of amides is 1. The third-order valence-electron chi connectivity index (χ3n) is 2.90. The Balaban J connectivity index is 2.62. The molecule has 1 amide bonds. The normalized spacial score (nSPS) is 15.5. The van der Waals surface area contributed by atoms with E-state index in [-0.39, 0.29) is 22.7 Å². The first-order chi connectivity index (χ1) is 9.96. The first kappa shape index (κ1) is 14.8.